The van der Waals surface area contributed by atoms with Crippen LogP contribution in [0.4, 0.5) is 4.39 Å². The van der Waals surface area contributed by atoms with Crippen molar-refractivity contribution in [3.05, 3.63) is 102 Å². The van der Waals surface area contributed by atoms with E-state index in [9.17, 15) is 14.0 Å². The minimum atomic E-state index is -0.323. The number of fused-ring (bicyclic) bond motifs is 1. The fourth-order valence-electron chi connectivity index (χ4n) is 3.22. The molecule has 0 spiro atoms. The molecular formula is C24H19FN2O3. The van der Waals surface area contributed by atoms with Crippen molar-refractivity contribution in [1.82, 2.24) is 10.2 Å². The average molecular weight is 402 g/mol. The first-order valence-corrected chi connectivity index (χ1v) is 9.40. The van der Waals surface area contributed by atoms with E-state index in [0.717, 1.165) is 11.1 Å². The maximum atomic E-state index is 13.0. The maximum Gasteiger partial charge on any atom is 0.259 e. The molecule has 0 atom stereocenters. The van der Waals surface area contributed by atoms with E-state index >= 15 is 0 Å². The molecule has 0 radical (unpaired) electrons. The van der Waals surface area contributed by atoms with Crippen molar-refractivity contribution in [2.24, 2.45) is 0 Å². The van der Waals surface area contributed by atoms with Gasteiger partial charge in [0, 0.05) is 23.4 Å². The van der Waals surface area contributed by atoms with Crippen molar-refractivity contribution in [2.75, 3.05) is 6.54 Å². The summed E-state index contributed by atoms with van der Waals surface area (Å²) in [5, 5.41) is 2.81. The smallest absolute Gasteiger partial charge is 0.259 e. The summed E-state index contributed by atoms with van der Waals surface area (Å²) in [4.78, 5) is 26.2. The molecule has 0 fully saturated rings. The number of ether oxygens (including phenoxy) is 1. The van der Waals surface area contributed by atoms with E-state index in [0.29, 0.717) is 29.3 Å². The molecule has 0 aromatic heterocycles. The first-order valence-electron chi connectivity index (χ1n) is 9.40. The van der Waals surface area contributed by atoms with Crippen LogP contribution in [0.25, 0.3) is 5.70 Å². The van der Waals surface area contributed by atoms with Crippen molar-refractivity contribution in [3.8, 4) is 11.5 Å². The summed E-state index contributed by atoms with van der Waals surface area (Å²) < 4.78 is 18.6. The molecule has 0 saturated heterocycles. The standard InChI is InChI=1S/C24H19FN2O3/c1-16-21-4-2-3-5-22(21)24(29)27(16)15-23(28)26-14-17-6-10-19(11-7-17)30-20-12-8-18(25)9-13-20/h2-13H,1,14-15H2,(H,26,28). The first-order chi connectivity index (χ1) is 14.5. The van der Waals surface area contributed by atoms with Crippen LogP contribution < -0.4 is 10.1 Å². The van der Waals surface area contributed by atoms with Crippen molar-refractivity contribution in [2.45, 2.75) is 6.54 Å². The Bertz CT molecular complexity index is 1070. The van der Waals surface area contributed by atoms with Crippen LogP contribution in [0.2, 0.25) is 0 Å². The highest BCUT2D eigenvalue weighted by atomic mass is 19.1. The maximum absolute atomic E-state index is 13.0. The van der Waals surface area contributed by atoms with Crippen molar-refractivity contribution in [3.63, 3.8) is 0 Å². The third kappa shape index (κ3) is 4.07. The number of halogens is 1. The quantitative estimate of drug-likeness (QED) is 0.667. The first kappa shape index (κ1) is 19.4. The van der Waals surface area contributed by atoms with Crippen LogP contribution in [-0.4, -0.2) is 23.3 Å². The number of hydrogen-bond acceptors (Lipinski definition) is 3. The van der Waals surface area contributed by atoms with Gasteiger partial charge in [0.15, 0.2) is 0 Å². The Hall–Kier alpha value is -3.93. The summed E-state index contributed by atoms with van der Waals surface area (Å²) in [6.07, 6.45) is 0. The Balaban J connectivity index is 1.30. The van der Waals surface area contributed by atoms with Crippen LogP contribution in [0, 0.1) is 5.82 Å². The lowest BCUT2D eigenvalue weighted by molar-refractivity contribution is -0.121. The normalized spacial score (nSPS) is 12.6. The zero-order chi connectivity index (χ0) is 21.1. The summed E-state index contributed by atoms with van der Waals surface area (Å²) >= 11 is 0. The molecule has 0 unspecified atom stereocenters. The van der Waals surface area contributed by atoms with Crippen LogP contribution >= 0.6 is 0 Å². The summed E-state index contributed by atoms with van der Waals surface area (Å²) in [6.45, 7) is 4.17. The lowest BCUT2D eigenvalue weighted by Crippen LogP contribution is -2.36. The largest absolute Gasteiger partial charge is 0.457 e. The second-order valence-corrected chi connectivity index (χ2v) is 6.86. The number of rotatable bonds is 6. The molecular weight excluding hydrogens is 383 g/mol. The minimum Gasteiger partial charge on any atom is -0.457 e. The summed E-state index contributed by atoms with van der Waals surface area (Å²) in [5.41, 5.74) is 2.73. The predicted octanol–water partition coefficient (Wildman–Crippen LogP) is 4.36. The van der Waals surface area contributed by atoms with E-state index in [1.165, 1.54) is 17.0 Å². The molecule has 0 bridgehead atoms. The van der Waals surface area contributed by atoms with E-state index < -0.39 is 0 Å². The molecule has 30 heavy (non-hydrogen) atoms. The van der Waals surface area contributed by atoms with Gasteiger partial charge in [-0.1, -0.05) is 36.9 Å². The number of carbonyl (C=O) groups excluding carboxylic acids is 2. The average Bonchev–Trinajstić information content (AvgIpc) is 3.00. The van der Waals surface area contributed by atoms with Gasteiger partial charge in [-0.2, -0.15) is 0 Å². The van der Waals surface area contributed by atoms with Gasteiger partial charge in [-0.15, -0.1) is 0 Å². The van der Waals surface area contributed by atoms with Gasteiger partial charge in [0.1, 0.15) is 23.9 Å². The van der Waals surface area contributed by atoms with Gasteiger partial charge in [0.2, 0.25) is 5.91 Å². The molecule has 1 aliphatic rings. The molecule has 150 valence electrons. The molecule has 2 amide bonds. The van der Waals surface area contributed by atoms with E-state index in [-0.39, 0.29) is 24.2 Å². The van der Waals surface area contributed by atoms with Gasteiger partial charge in [0.25, 0.3) is 5.91 Å². The summed E-state index contributed by atoms with van der Waals surface area (Å²) in [7, 11) is 0. The molecule has 3 aromatic rings. The Kier molecular flexibility index (Phi) is 5.30. The number of carbonyl (C=O) groups is 2. The molecule has 1 aliphatic heterocycles. The molecule has 4 rings (SSSR count). The topological polar surface area (TPSA) is 58.6 Å². The van der Waals surface area contributed by atoms with Crippen molar-refractivity contribution >= 4 is 17.5 Å². The van der Waals surface area contributed by atoms with Gasteiger partial charge in [0.05, 0.1) is 0 Å². The van der Waals surface area contributed by atoms with Gasteiger partial charge in [-0.05, 0) is 48.0 Å². The van der Waals surface area contributed by atoms with E-state index in [1.54, 1.807) is 36.4 Å². The van der Waals surface area contributed by atoms with E-state index in [2.05, 4.69) is 11.9 Å². The monoisotopic (exact) mass is 402 g/mol. The molecule has 1 heterocycles. The van der Waals surface area contributed by atoms with Crippen LogP contribution in [0.15, 0.2) is 79.4 Å². The molecule has 1 N–H and O–H groups in total. The van der Waals surface area contributed by atoms with E-state index in [4.69, 9.17) is 4.74 Å². The van der Waals surface area contributed by atoms with Crippen molar-refractivity contribution < 1.29 is 18.7 Å². The van der Waals surface area contributed by atoms with Gasteiger partial charge >= 0.3 is 0 Å². The second-order valence-electron chi connectivity index (χ2n) is 6.86. The Morgan fingerprint density at radius 1 is 0.933 bits per heavy atom. The summed E-state index contributed by atoms with van der Waals surface area (Å²) in [5.74, 6) is 0.330. The van der Waals surface area contributed by atoms with Crippen LogP contribution in [-0.2, 0) is 11.3 Å². The number of nitrogens with zero attached hydrogens (tertiary/aromatic N) is 1. The third-order valence-corrected chi connectivity index (χ3v) is 4.80. The zero-order valence-corrected chi connectivity index (χ0v) is 16.1. The highest BCUT2D eigenvalue weighted by Gasteiger charge is 2.31. The van der Waals surface area contributed by atoms with Gasteiger partial charge in [-0.25, -0.2) is 4.39 Å². The number of hydrogen-bond donors (Lipinski definition) is 1. The Labute approximate surface area is 173 Å². The molecule has 5 nitrogen and oxygen atoms in total. The highest BCUT2D eigenvalue weighted by molar-refractivity contribution is 6.10. The SMILES string of the molecule is C=C1c2ccccc2C(=O)N1CC(=O)NCc1ccc(Oc2ccc(F)cc2)cc1. The number of benzene rings is 3. The van der Waals surface area contributed by atoms with E-state index in [1.807, 2.05) is 24.3 Å². The molecule has 3 aromatic carbocycles. The zero-order valence-electron chi connectivity index (χ0n) is 16.1. The molecule has 0 saturated carbocycles. The van der Waals surface area contributed by atoms with Crippen molar-refractivity contribution in [1.29, 1.82) is 0 Å². The fourth-order valence-corrected chi connectivity index (χ4v) is 3.22. The fraction of sp³-hybridized carbons (Fsp3) is 0.0833. The van der Waals surface area contributed by atoms with Crippen LogP contribution in [0.1, 0.15) is 21.5 Å². The Morgan fingerprint density at radius 3 is 2.17 bits per heavy atom. The van der Waals surface area contributed by atoms with Crippen LogP contribution in [0.3, 0.4) is 0 Å². The van der Waals surface area contributed by atoms with Gasteiger partial charge in [-0.3, -0.25) is 14.5 Å². The van der Waals surface area contributed by atoms with Gasteiger partial charge < -0.3 is 10.1 Å². The molecule has 6 heteroatoms. The lowest BCUT2D eigenvalue weighted by Gasteiger charge is -2.17. The number of nitrogens with one attached hydrogen (secondary N) is 1. The highest BCUT2D eigenvalue weighted by Crippen LogP contribution is 2.30. The Morgan fingerprint density at radius 2 is 1.53 bits per heavy atom. The number of amides is 2. The minimum absolute atomic E-state index is 0.0852. The summed E-state index contributed by atoms with van der Waals surface area (Å²) in [6, 6.07) is 20.1. The third-order valence-electron chi connectivity index (χ3n) is 4.80. The molecule has 0 aliphatic carbocycles. The van der Waals surface area contributed by atoms with Crippen LogP contribution in [0.5, 0.6) is 11.5 Å². The predicted molar refractivity (Wildman–Crippen MR) is 111 cm³/mol. The second kappa shape index (κ2) is 8.21. The lowest BCUT2D eigenvalue weighted by atomic mass is 10.1.